The molecule has 5 nitrogen and oxygen atoms in total. The first-order chi connectivity index (χ1) is 7.22. The fourth-order valence-corrected chi connectivity index (χ4v) is 2.43. The van der Waals surface area contributed by atoms with Gasteiger partial charge in [0.15, 0.2) is 0 Å². The first-order valence-electron chi connectivity index (χ1n) is 4.27. The van der Waals surface area contributed by atoms with E-state index >= 15 is 0 Å². The van der Waals surface area contributed by atoms with Crippen LogP contribution in [0.4, 0.5) is 5.82 Å². The number of nitrogens with two attached hydrogens (primary N) is 1. The van der Waals surface area contributed by atoms with Gasteiger partial charge < -0.3 is 10.8 Å². The van der Waals surface area contributed by atoms with Gasteiger partial charge in [0.1, 0.15) is 17.2 Å². The van der Waals surface area contributed by atoms with Crippen LogP contribution in [0.25, 0.3) is 11.4 Å². The molecule has 2 aromatic rings. The highest BCUT2D eigenvalue weighted by molar-refractivity contribution is 9.10. The van der Waals surface area contributed by atoms with Crippen molar-refractivity contribution in [1.29, 1.82) is 0 Å². The number of aliphatic hydroxyl groups is 1. The summed E-state index contributed by atoms with van der Waals surface area (Å²) in [6.45, 7) is 0.414. The summed E-state index contributed by atoms with van der Waals surface area (Å²) in [5, 5.41) is 14.9. The second kappa shape index (κ2) is 4.30. The fraction of sp³-hybridized carbons (Fsp3) is 0.250. The Hall–Kier alpha value is -0.920. The van der Waals surface area contributed by atoms with E-state index in [9.17, 15) is 0 Å². The van der Waals surface area contributed by atoms with Crippen LogP contribution in [0.15, 0.2) is 15.9 Å². The molecule has 0 saturated carbocycles. The van der Waals surface area contributed by atoms with Gasteiger partial charge >= 0.3 is 0 Å². The third-order valence-corrected chi connectivity index (χ3v) is 3.43. The van der Waals surface area contributed by atoms with E-state index in [2.05, 4.69) is 25.4 Å². The third-order valence-electron chi connectivity index (χ3n) is 1.89. The zero-order valence-corrected chi connectivity index (χ0v) is 10.1. The SMILES string of the molecule is Nc1cc(-c2nscc2Br)nn1CCO. The lowest BCUT2D eigenvalue weighted by Crippen LogP contribution is -2.07. The molecule has 0 aliphatic heterocycles. The Morgan fingerprint density at radius 1 is 1.60 bits per heavy atom. The predicted octanol–water partition coefficient (Wildman–Crippen LogP) is 1.34. The van der Waals surface area contributed by atoms with Crippen LogP contribution in [-0.2, 0) is 6.54 Å². The van der Waals surface area contributed by atoms with Gasteiger partial charge in [0.05, 0.1) is 17.6 Å². The van der Waals surface area contributed by atoms with Gasteiger partial charge in [-0.25, -0.2) is 4.68 Å². The second-order valence-electron chi connectivity index (χ2n) is 2.91. The summed E-state index contributed by atoms with van der Waals surface area (Å²) in [4.78, 5) is 0. The smallest absolute Gasteiger partial charge is 0.122 e. The van der Waals surface area contributed by atoms with Crippen molar-refractivity contribution < 1.29 is 5.11 Å². The normalized spacial score (nSPS) is 10.8. The van der Waals surface area contributed by atoms with Gasteiger partial charge in [-0.3, -0.25) is 0 Å². The lowest BCUT2D eigenvalue weighted by atomic mass is 10.3. The molecule has 0 aliphatic carbocycles. The predicted molar refractivity (Wildman–Crippen MR) is 62.5 cm³/mol. The molecule has 0 bridgehead atoms. The molecular formula is C8H9BrN4OS. The van der Waals surface area contributed by atoms with Crippen LogP contribution in [0.2, 0.25) is 0 Å². The van der Waals surface area contributed by atoms with Crippen molar-refractivity contribution in [3.8, 4) is 11.4 Å². The molecule has 0 aliphatic rings. The monoisotopic (exact) mass is 288 g/mol. The van der Waals surface area contributed by atoms with Crippen molar-refractivity contribution in [3.63, 3.8) is 0 Å². The van der Waals surface area contributed by atoms with Gasteiger partial charge in [-0.2, -0.15) is 9.47 Å². The maximum atomic E-state index is 8.80. The van der Waals surface area contributed by atoms with Crippen LogP contribution in [0.3, 0.4) is 0 Å². The topological polar surface area (TPSA) is 77.0 Å². The van der Waals surface area contributed by atoms with Gasteiger partial charge in [0.2, 0.25) is 0 Å². The molecule has 0 unspecified atom stereocenters. The molecule has 2 rings (SSSR count). The lowest BCUT2D eigenvalue weighted by molar-refractivity contribution is 0.270. The minimum absolute atomic E-state index is 0.0174. The highest BCUT2D eigenvalue weighted by Crippen LogP contribution is 2.28. The quantitative estimate of drug-likeness (QED) is 0.894. The molecule has 15 heavy (non-hydrogen) atoms. The van der Waals surface area contributed by atoms with E-state index in [0.29, 0.717) is 18.1 Å². The largest absolute Gasteiger partial charge is 0.394 e. The average Bonchev–Trinajstić information content (AvgIpc) is 2.75. The third kappa shape index (κ3) is 2.04. The number of anilines is 1. The summed E-state index contributed by atoms with van der Waals surface area (Å²) in [6, 6.07) is 1.75. The van der Waals surface area contributed by atoms with Gasteiger partial charge in [0, 0.05) is 11.4 Å². The van der Waals surface area contributed by atoms with Crippen molar-refractivity contribution >= 4 is 33.3 Å². The molecule has 0 fully saturated rings. The maximum Gasteiger partial charge on any atom is 0.122 e. The Kier molecular flexibility index (Phi) is 3.03. The van der Waals surface area contributed by atoms with Gasteiger partial charge in [-0.1, -0.05) is 0 Å². The summed E-state index contributed by atoms with van der Waals surface area (Å²) in [6.07, 6.45) is 0. The molecule has 0 amide bonds. The lowest BCUT2D eigenvalue weighted by Gasteiger charge is -1.98. The summed E-state index contributed by atoms with van der Waals surface area (Å²) >= 11 is 4.74. The standard InChI is InChI=1S/C8H9BrN4OS/c9-5-4-15-12-8(5)6-3-7(10)13(11-6)1-2-14/h3-4,14H,1-2,10H2. The molecule has 7 heteroatoms. The summed E-state index contributed by atoms with van der Waals surface area (Å²) in [5.74, 6) is 0.527. The van der Waals surface area contributed by atoms with Gasteiger partial charge in [-0.15, -0.1) is 0 Å². The number of aliphatic hydroxyl groups excluding tert-OH is 1. The Balaban J connectivity index is 2.38. The van der Waals surface area contributed by atoms with Crippen LogP contribution in [0.1, 0.15) is 0 Å². The first kappa shape index (κ1) is 10.6. The van der Waals surface area contributed by atoms with Crippen molar-refractivity contribution in [3.05, 3.63) is 15.9 Å². The van der Waals surface area contributed by atoms with E-state index < -0.39 is 0 Å². The molecule has 0 saturated heterocycles. The number of nitrogen functional groups attached to an aromatic ring is 1. The molecule has 80 valence electrons. The first-order valence-corrected chi connectivity index (χ1v) is 5.89. The van der Waals surface area contributed by atoms with E-state index in [1.807, 2.05) is 5.38 Å². The fourth-order valence-electron chi connectivity index (χ4n) is 1.21. The number of hydrogen-bond donors (Lipinski definition) is 2. The number of rotatable bonds is 3. The second-order valence-corrected chi connectivity index (χ2v) is 4.40. The molecule has 0 atom stereocenters. The van der Waals surface area contributed by atoms with Crippen LogP contribution >= 0.6 is 27.5 Å². The number of halogens is 1. The van der Waals surface area contributed by atoms with E-state index in [4.69, 9.17) is 10.8 Å². The summed E-state index contributed by atoms with van der Waals surface area (Å²) < 4.78 is 6.66. The number of hydrogen-bond acceptors (Lipinski definition) is 5. The van der Waals surface area contributed by atoms with E-state index in [-0.39, 0.29) is 6.61 Å². The highest BCUT2D eigenvalue weighted by Gasteiger charge is 2.11. The van der Waals surface area contributed by atoms with Gasteiger partial charge in [0.25, 0.3) is 0 Å². The van der Waals surface area contributed by atoms with Crippen molar-refractivity contribution in [1.82, 2.24) is 14.2 Å². The minimum Gasteiger partial charge on any atom is -0.394 e. The zero-order valence-electron chi connectivity index (χ0n) is 7.72. The minimum atomic E-state index is 0.0174. The van der Waals surface area contributed by atoms with E-state index in [0.717, 1.165) is 10.2 Å². The van der Waals surface area contributed by atoms with Crippen molar-refractivity contribution in [2.24, 2.45) is 0 Å². The Bertz CT molecular complexity index is 467. The summed E-state index contributed by atoms with van der Waals surface area (Å²) in [7, 11) is 0. The number of nitrogens with zero attached hydrogens (tertiary/aromatic N) is 3. The van der Waals surface area contributed by atoms with Crippen molar-refractivity contribution in [2.75, 3.05) is 12.3 Å². The van der Waals surface area contributed by atoms with E-state index in [1.165, 1.54) is 11.5 Å². The molecular weight excluding hydrogens is 280 g/mol. The average molecular weight is 289 g/mol. The van der Waals surface area contributed by atoms with Crippen LogP contribution in [-0.4, -0.2) is 25.9 Å². The molecule has 0 aromatic carbocycles. The van der Waals surface area contributed by atoms with E-state index in [1.54, 1.807) is 10.7 Å². The Morgan fingerprint density at radius 3 is 3.00 bits per heavy atom. The van der Waals surface area contributed by atoms with Crippen molar-refractivity contribution in [2.45, 2.75) is 6.54 Å². The maximum absolute atomic E-state index is 8.80. The van der Waals surface area contributed by atoms with Crippen LogP contribution < -0.4 is 5.73 Å². The van der Waals surface area contributed by atoms with Crippen LogP contribution in [0.5, 0.6) is 0 Å². The molecule has 2 aromatic heterocycles. The van der Waals surface area contributed by atoms with Gasteiger partial charge in [-0.05, 0) is 27.5 Å². The number of aromatic nitrogens is 3. The molecule has 0 radical (unpaired) electrons. The zero-order chi connectivity index (χ0) is 10.8. The molecule has 3 N–H and O–H groups in total. The van der Waals surface area contributed by atoms with Crippen LogP contribution in [0, 0.1) is 0 Å². The summed E-state index contributed by atoms with van der Waals surface area (Å²) in [5.41, 5.74) is 7.23. The molecule has 0 spiro atoms. The Morgan fingerprint density at radius 2 is 2.40 bits per heavy atom. The molecule has 2 heterocycles. The highest BCUT2D eigenvalue weighted by atomic mass is 79.9. The Labute approximate surface area is 98.8 Å².